The third-order valence-electron chi connectivity index (χ3n) is 0.346. The summed E-state index contributed by atoms with van der Waals surface area (Å²) in [5.74, 6) is -0.329. The molecule has 7 heavy (non-hydrogen) atoms. The Hall–Kier alpha value is 0.210. The second-order valence-corrected chi connectivity index (χ2v) is 0.959. The second-order valence-electron chi connectivity index (χ2n) is 0.959. The molecule has 0 heterocycles. The standard InChI is InChI=1S/C4H7NO.Na.H/c1-2-3-4(5)6;;/h2H,1,3H2,(H2,5,6);;/q;+1;-1. The van der Waals surface area contributed by atoms with Crippen LogP contribution in [0.1, 0.15) is 7.85 Å². The van der Waals surface area contributed by atoms with Gasteiger partial charge in [0.15, 0.2) is 0 Å². The fraction of sp³-hybridized carbons (Fsp3) is 0.250. The minimum Gasteiger partial charge on any atom is -1.00 e. The number of hydrogen-bond donors (Lipinski definition) is 1. The minimum atomic E-state index is -0.329. The van der Waals surface area contributed by atoms with E-state index in [1.807, 2.05) is 0 Å². The molecule has 0 spiro atoms. The Labute approximate surface area is 66.5 Å². The van der Waals surface area contributed by atoms with Crippen molar-refractivity contribution in [1.29, 1.82) is 0 Å². The van der Waals surface area contributed by atoms with E-state index in [0.717, 1.165) is 0 Å². The molecular formula is C4H8NNaO. The van der Waals surface area contributed by atoms with Crippen molar-refractivity contribution in [3.8, 4) is 0 Å². The fourth-order valence-electron chi connectivity index (χ4n) is 0.142. The molecular weight excluding hydrogens is 101 g/mol. The van der Waals surface area contributed by atoms with Crippen molar-refractivity contribution in [1.82, 2.24) is 0 Å². The number of nitrogens with two attached hydrogens (primary N) is 1. The maximum atomic E-state index is 9.75. The van der Waals surface area contributed by atoms with Crippen LogP contribution in [-0.2, 0) is 4.79 Å². The smallest absolute Gasteiger partial charge is 1.00 e. The van der Waals surface area contributed by atoms with Gasteiger partial charge in [-0.1, -0.05) is 6.08 Å². The van der Waals surface area contributed by atoms with Crippen molar-refractivity contribution in [2.24, 2.45) is 5.73 Å². The number of hydrogen-bond acceptors (Lipinski definition) is 1. The predicted molar refractivity (Wildman–Crippen MR) is 25.1 cm³/mol. The molecule has 3 heteroatoms. The van der Waals surface area contributed by atoms with Gasteiger partial charge in [-0.05, 0) is 0 Å². The zero-order valence-electron chi connectivity index (χ0n) is 5.48. The number of carbonyl (C=O) groups is 1. The number of primary amides is 1. The minimum absolute atomic E-state index is 0. The summed E-state index contributed by atoms with van der Waals surface area (Å²) in [4.78, 5) is 9.75. The van der Waals surface area contributed by atoms with Gasteiger partial charge in [-0.15, -0.1) is 6.58 Å². The summed E-state index contributed by atoms with van der Waals surface area (Å²) in [6.07, 6.45) is 1.75. The van der Waals surface area contributed by atoms with Crippen molar-refractivity contribution >= 4 is 5.91 Å². The van der Waals surface area contributed by atoms with Gasteiger partial charge in [0.1, 0.15) is 0 Å². The van der Waals surface area contributed by atoms with Crippen LogP contribution in [0.3, 0.4) is 0 Å². The van der Waals surface area contributed by atoms with Gasteiger partial charge in [0.2, 0.25) is 5.91 Å². The van der Waals surface area contributed by atoms with E-state index in [4.69, 9.17) is 5.73 Å². The fourth-order valence-corrected chi connectivity index (χ4v) is 0.142. The molecule has 0 radical (unpaired) electrons. The van der Waals surface area contributed by atoms with E-state index in [-0.39, 0.29) is 43.3 Å². The molecule has 0 aliphatic heterocycles. The molecule has 0 fully saturated rings. The first-order valence-corrected chi connectivity index (χ1v) is 1.66. The quantitative estimate of drug-likeness (QED) is 0.301. The molecule has 0 saturated carbocycles. The van der Waals surface area contributed by atoms with Crippen molar-refractivity contribution in [2.75, 3.05) is 0 Å². The Kier molecular flexibility index (Phi) is 9.09. The average Bonchev–Trinajstić information content (AvgIpc) is 1.35. The topological polar surface area (TPSA) is 43.1 Å². The Balaban J connectivity index is -0.000000125. The zero-order valence-corrected chi connectivity index (χ0v) is 6.48. The molecule has 36 valence electrons. The first kappa shape index (κ1) is 10.2. The summed E-state index contributed by atoms with van der Waals surface area (Å²) in [6.45, 7) is 3.30. The van der Waals surface area contributed by atoms with Gasteiger partial charge in [-0.2, -0.15) is 0 Å². The monoisotopic (exact) mass is 109 g/mol. The molecule has 0 rings (SSSR count). The van der Waals surface area contributed by atoms with Crippen molar-refractivity contribution < 1.29 is 35.8 Å². The van der Waals surface area contributed by atoms with Crippen LogP contribution in [0.4, 0.5) is 0 Å². The van der Waals surface area contributed by atoms with Crippen molar-refractivity contribution in [3.05, 3.63) is 12.7 Å². The molecule has 0 bridgehead atoms. The van der Waals surface area contributed by atoms with Crippen LogP contribution in [-0.4, -0.2) is 5.91 Å². The van der Waals surface area contributed by atoms with Gasteiger partial charge in [-0.25, -0.2) is 0 Å². The molecule has 0 unspecified atom stereocenters. The molecule has 0 aliphatic rings. The first-order valence-electron chi connectivity index (χ1n) is 1.66. The van der Waals surface area contributed by atoms with E-state index in [9.17, 15) is 4.79 Å². The molecule has 0 atom stereocenters. The third kappa shape index (κ3) is 10.7. The number of rotatable bonds is 2. The van der Waals surface area contributed by atoms with Gasteiger partial charge in [0.25, 0.3) is 0 Å². The molecule has 0 aromatic heterocycles. The van der Waals surface area contributed by atoms with E-state index in [0.29, 0.717) is 0 Å². The van der Waals surface area contributed by atoms with Gasteiger partial charge in [0, 0.05) is 6.42 Å². The van der Waals surface area contributed by atoms with Crippen LogP contribution in [0.5, 0.6) is 0 Å². The maximum Gasteiger partial charge on any atom is 1.00 e. The Morgan fingerprint density at radius 1 is 2.00 bits per heavy atom. The molecule has 0 saturated heterocycles. The van der Waals surface area contributed by atoms with Crippen molar-refractivity contribution in [3.63, 3.8) is 0 Å². The van der Waals surface area contributed by atoms with Crippen LogP contribution in [0.25, 0.3) is 0 Å². The summed E-state index contributed by atoms with van der Waals surface area (Å²) in [5, 5.41) is 0. The van der Waals surface area contributed by atoms with Gasteiger partial charge < -0.3 is 7.16 Å². The maximum absolute atomic E-state index is 9.75. The first-order chi connectivity index (χ1) is 2.77. The van der Waals surface area contributed by atoms with E-state index < -0.39 is 0 Å². The van der Waals surface area contributed by atoms with Gasteiger partial charge in [0.05, 0.1) is 0 Å². The van der Waals surface area contributed by atoms with Gasteiger partial charge >= 0.3 is 29.6 Å². The van der Waals surface area contributed by atoms with Crippen LogP contribution in [0.15, 0.2) is 12.7 Å². The third-order valence-corrected chi connectivity index (χ3v) is 0.346. The normalized spacial score (nSPS) is 6.29. The van der Waals surface area contributed by atoms with Gasteiger partial charge in [-0.3, -0.25) is 4.79 Å². The zero-order chi connectivity index (χ0) is 4.99. The van der Waals surface area contributed by atoms with E-state index in [1.165, 1.54) is 6.08 Å². The summed E-state index contributed by atoms with van der Waals surface area (Å²) < 4.78 is 0. The van der Waals surface area contributed by atoms with E-state index >= 15 is 0 Å². The number of amides is 1. The van der Waals surface area contributed by atoms with Crippen LogP contribution >= 0.6 is 0 Å². The van der Waals surface area contributed by atoms with Crippen molar-refractivity contribution in [2.45, 2.75) is 6.42 Å². The number of carbonyl (C=O) groups excluding carboxylic acids is 1. The second kappa shape index (κ2) is 6.21. The SMILES string of the molecule is C=CCC(N)=O.[H-].[Na+]. The summed E-state index contributed by atoms with van der Waals surface area (Å²) in [7, 11) is 0. The largest absolute Gasteiger partial charge is 1.00 e. The average molecular weight is 109 g/mol. The molecule has 0 aromatic carbocycles. The van der Waals surface area contributed by atoms with E-state index in [1.54, 1.807) is 0 Å². The molecule has 2 nitrogen and oxygen atoms in total. The van der Waals surface area contributed by atoms with Crippen LogP contribution in [0.2, 0.25) is 0 Å². The Morgan fingerprint density at radius 3 is 2.43 bits per heavy atom. The Bertz CT molecular complexity index is 76.4. The molecule has 1 amide bonds. The molecule has 0 aromatic rings. The van der Waals surface area contributed by atoms with Crippen LogP contribution in [0, 0.1) is 0 Å². The molecule has 2 N–H and O–H groups in total. The molecule has 0 aliphatic carbocycles. The van der Waals surface area contributed by atoms with Crippen LogP contribution < -0.4 is 35.3 Å². The van der Waals surface area contributed by atoms with E-state index in [2.05, 4.69) is 6.58 Å². The Morgan fingerprint density at radius 2 is 2.43 bits per heavy atom. The summed E-state index contributed by atoms with van der Waals surface area (Å²) in [6, 6.07) is 0. The summed E-state index contributed by atoms with van der Waals surface area (Å²) in [5.41, 5.74) is 4.69. The predicted octanol–water partition coefficient (Wildman–Crippen LogP) is -2.84. The summed E-state index contributed by atoms with van der Waals surface area (Å²) >= 11 is 0.